The van der Waals surface area contributed by atoms with Gasteiger partial charge in [0.25, 0.3) is 0 Å². The Hall–Kier alpha value is -1.09. The Morgan fingerprint density at radius 2 is 2.15 bits per heavy atom. The van der Waals surface area contributed by atoms with Crippen LogP contribution >= 0.6 is 0 Å². The minimum absolute atomic E-state index is 0.0363. The molecule has 0 spiro atoms. The summed E-state index contributed by atoms with van der Waals surface area (Å²) in [7, 11) is 0. The molecule has 72 valence electrons. The minimum Gasteiger partial charge on any atom is -0.508 e. The molecule has 0 amide bonds. The van der Waals surface area contributed by atoms with Crippen molar-refractivity contribution in [2.75, 3.05) is 0 Å². The van der Waals surface area contributed by atoms with Gasteiger partial charge in [-0.1, -0.05) is 19.9 Å². The first kappa shape index (κ1) is 9.99. The summed E-state index contributed by atoms with van der Waals surface area (Å²) in [6.45, 7) is 4.49. The van der Waals surface area contributed by atoms with E-state index in [1.54, 1.807) is 6.07 Å². The van der Waals surface area contributed by atoms with Gasteiger partial charge in [0.05, 0.1) is 0 Å². The minimum atomic E-state index is -0.367. The molecule has 0 aromatic heterocycles. The maximum Gasteiger partial charge on any atom is 0.131 e. The summed E-state index contributed by atoms with van der Waals surface area (Å²) in [6.07, 6.45) is 0. The van der Waals surface area contributed by atoms with E-state index in [4.69, 9.17) is 5.11 Å². The first-order chi connectivity index (χ1) is 6.09. The average molecular weight is 183 g/mol. The fourth-order valence-electron chi connectivity index (χ4n) is 0.994. The molecular weight excluding hydrogens is 169 g/mol. The van der Waals surface area contributed by atoms with E-state index >= 15 is 0 Å². The van der Waals surface area contributed by atoms with Crippen molar-refractivity contribution in [1.82, 2.24) is 5.32 Å². The Bertz CT molecular complexity index is 286. The highest BCUT2D eigenvalue weighted by Gasteiger charge is 2.02. The lowest BCUT2D eigenvalue weighted by Gasteiger charge is -2.08. The molecule has 2 nitrogen and oxygen atoms in total. The quantitative estimate of drug-likeness (QED) is 0.751. The normalized spacial score (nSPS) is 10.8. The van der Waals surface area contributed by atoms with Crippen molar-refractivity contribution < 1.29 is 9.50 Å². The number of nitrogens with one attached hydrogen (secondary N) is 1. The third kappa shape index (κ3) is 3.03. The number of aromatic hydroxyl groups is 1. The van der Waals surface area contributed by atoms with Crippen LogP contribution in [0.15, 0.2) is 18.2 Å². The zero-order valence-electron chi connectivity index (χ0n) is 7.84. The van der Waals surface area contributed by atoms with E-state index in [-0.39, 0.29) is 11.6 Å². The second kappa shape index (κ2) is 4.23. The van der Waals surface area contributed by atoms with Gasteiger partial charge >= 0.3 is 0 Å². The van der Waals surface area contributed by atoms with E-state index in [0.29, 0.717) is 18.2 Å². The smallest absolute Gasteiger partial charge is 0.131 e. The lowest BCUT2D eigenvalue weighted by atomic mass is 10.2. The maximum absolute atomic E-state index is 13.1. The Kier molecular flexibility index (Phi) is 3.25. The van der Waals surface area contributed by atoms with Gasteiger partial charge in [-0.25, -0.2) is 4.39 Å². The number of phenolic OH excluding ortho intramolecular Hbond substituents is 1. The van der Waals surface area contributed by atoms with Gasteiger partial charge in [0, 0.05) is 24.2 Å². The van der Waals surface area contributed by atoms with Crippen LogP contribution in [0.1, 0.15) is 19.4 Å². The molecule has 1 rings (SSSR count). The van der Waals surface area contributed by atoms with Crippen LogP contribution in [-0.4, -0.2) is 11.1 Å². The second-order valence-corrected chi connectivity index (χ2v) is 3.31. The van der Waals surface area contributed by atoms with E-state index in [0.717, 1.165) is 6.07 Å². The van der Waals surface area contributed by atoms with Crippen molar-refractivity contribution >= 4 is 0 Å². The van der Waals surface area contributed by atoms with E-state index in [1.165, 1.54) is 6.07 Å². The highest BCUT2D eigenvalue weighted by molar-refractivity contribution is 5.27. The highest BCUT2D eigenvalue weighted by Crippen LogP contribution is 2.14. The Morgan fingerprint density at radius 1 is 1.46 bits per heavy atom. The molecule has 0 radical (unpaired) electrons. The number of rotatable bonds is 3. The summed E-state index contributed by atoms with van der Waals surface area (Å²) in [6, 6.07) is 4.52. The fraction of sp³-hybridized carbons (Fsp3) is 0.400. The molecule has 13 heavy (non-hydrogen) atoms. The van der Waals surface area contributed by atoms with Crippen LogP contribution in [0.5, 0.6) is 5.75 Å². The number of halogens is 1. The lowest BCUT2D eigenvalue weighted by molar-refractivity contribution is 0.466. The van der Waals surface area contributed by atoms with Crippen molar-refractivity contribution in [3.63, 3.8) is 0 Å². The van der Waals surface area contributed by atoms with Gasteiger partial charge in [0.2, 0.25) is 0 Å². The predicted molar refractivity (Wildman–Crippen MR) is 50.0 cm³/mol. The molecule has 1 aromatic carbocycles. The van der Waals surface area contributed by atoms with Crippen LogP contribution < -0.4 is 5.32 Å². The topological polar surface area (TPSA) is 32.3 Å². The van der Waals surface area contributed by atoms with E-state index in [9.17, 15) is 4.39 Å². The molecule has 0 aliphatic rings. The van der Waals surface area contributed by atoms with Crippen LogP contribution in [0.2, 0.25) is 0 Å². The van der Waals surface area contributed by atoms with Crippen LogP contribution in [0.4, 0.5) is 4.39 Å². The molecule has 0 fully saturated rings. The Morgan fingerprint density at radius 3 is 2.69 bits per heavy atom. The van der Waals surface area contributed by atoms with Crippen LogP contribution in [-0.2, 0) is 6.54 Å². The molecule has 1 aromatic rings. The summed E-state index contributed by atoms with van der Waals surface area (Å²) in [5.74, 6) is -0.404. The van der Waals surface area contributed by atoms with Crippen LogP contribution in [0.3, 0.4) is 0 Å². The van der Waals surface area contributed by atoms with Crippen LogP contribution in [0, 0.1) is 5.82 Å². The summed E-state index contributed by atoms with van der Waals surface area (Å²) in [4.78, 5) is 0. The number of benzene rings is 1. The average Bonchev–Trinajstić information content (AvgIpc) is 2.02. The first-order valence-corrected chi connectivity index (χ1v) is 4.30. The van der Waals surface area contributed by atoms with Crippen LogP contribution in [0.25, 0.3) is 0 Å². The summed E-state index contributed by atoms with van der Waals surface area (Å²) in [5.41, 5.74) is 0.575. The molecule has 0 atom stereocenters. The largest absolute Gasteiger partial charge is 0.508 e. The molecule has 0 bridgehead atoms. The molecular formula is C10H14FNO. The zero-order chi connectivity index (χ0) is 9.84. The SMILES string of the molecule is CC(C)NCc1ccc(O)cc1F. The molecule has 0 heterocycles. The van der Waals surface area contributed by atoms with Gasteiger partial charge < -0.3 is 10.4 Å². The molecule has 0 aliphatic carbocycles. The molecule has 0 unspecified atom stereocenters. The van der Waals surface area contributed by atoms with Crippen molar-refractivity contribution in [2.45, 2.75) is 26.4 Å². The predicted octanol–water partition coefficient (Wildman–Crippen LogP) is 2.03. The van der Waals surface area contributed by atoms with Crippen molar-refractivity contribution in [2.24, 2.45) is 0 Å². The Labute approximate surface area is 77.4 Å². The van der Waals surface area contributed by atoms with Gasteiger partial charge in [0.15, 0.2) is 0 Å². The fourth-order valence-corrected chi connectivity index (χ4v) is 0.994. The monoisotopic (exact) mass is 183 g/mol. The summed E-state index contributed by atoms with van der Waals surface area (Å²) in [5, 5.41) is 12.1. The summed E-state index contributed by atoms with van der Waals surface area (Å²) >= 11 is 0. The van der Waals surface area contributed by atoms with Gasteiger partial charge in [-0.2, -0.15) is 0 Å². The number of hydrogen-bond donors (Lipinski definition) is 2. The Balaban J connectivity index is 2.67. The van der Waals surface area contributed by atoms with Gasteiger partial charge in [-0.3, -0.25) is 0 Å². The third-order valence-corrected chi connectivity index (χ3v) is 1.74. The third-order valence-electron chi connectivity index (χ3n) is 1.74. The lowest BCUT2D eigenvalue weighted by Crippen LogP contribution is -2.22. The molecule has 0 saturated carbocycles. The number of phenols is 1. The number of hydrogen-bond acceptors (Lipinski definition) is 2. The van der Waals surface area contributed by atoms with Crippen molar-refractivity contribution in [1.29, 1.82) is 0 Å². The van der Waals surface area contributed by atoms with Gasteiger partial charge in [-0.05, 0) is 6.07 Å². The molecule has 0 aliphatic heterocycles. The second-order valence-electron chi connectivity index (χ2n) is 3.31. The van der Waals surface area contributed by atoms with Crippen molar-refractivity contribution in [3.8, 4) is 5.75 Å². The maximum atomic E-state index is 13.1. The van der Waals surface area contributed by atoms with Gasteiger partial charge in [0.1, 0.15) is 11.6 Å². The highest BCUT2D eigenvalue weighted by atomic mass is 19.1. The molecule has 3 heteroatoms. The van der Waals surface area contributed by atoms with E-state index < -0.39 is 0 Å². The van der Waals surface area contributed by atoms with E-state index in [2.05, 4.69) is 5.32 Å². The van der Waals surface area contributed by atoms with Gasteiger partial charge in [-0.15, -0.1) is 0 Å². The zero-order valence-corrected chi connectivity index (χ0v) is 7.84. The summed E-state index contributed by atoms with van der Waals surface area (Å²) < 4.78 is 13.1. The standard InChI is InChI=1S/C10H14FNO/c1-7(2)12-6-8-3-4-9(13)5-10(8)11/h3-5,7,12-13H,6H2,1-2H3. The molecule has 0 saturated heterocycles. The van der Waals surface area contributed by atoms with Crippen molar-refractivity contribution in [3.05, 3.63) is 29.6 Å². The molecule has 2 N–H and O–H groups in total. The van der Waals surface area contributed by atoms with E-state index in [1.807, 2.05) is 13.8 Å². The first-order valence-electron chi connectivity index (χ1n) is 4.30.